The lowest BCUT2D eigenvalue weighted by molar-refractivity contribution is 0.445. The molecule has 2 aromatic carbocycles. The lowest BCUT2D eigenvalue weighted by atomic mass is 9.98. The Balaban J connectivity index is 1.88. The first-order valence-corrected chi connectivity index (χ1v) is 13.6. The van der Waals surface area contributed by atoms with Gasteiger partial charge in [0, 0.05) is 33.3 Å². The third kappa shape index (κ3) is 4.22. The van der Waals surface area contributed by atoms with Crippen LogP contribution in [-0.4, -0.2) is 28.3 Å². The van der Waals surface area contributed by atoms with Crippen LogP contribution in [0.2, 0.25) is 0 Å². The molecule has 0 saturated heterocycles. The summed E-state index contributed by atoms with van der Waals surface area (Å²) in [6.45, 7) is 5.72. The van der Waals surface area contributed by atoms with Gasteiger partial charge in [-0.15, -0.1) is 0 Å². The summed E-state index contributed by atoms with van der Waals surface area (Å²) in [7, 11) is -4.64. The number of hydrogen-bond acceptors (Lipinski definition) is 7. The lowest BCUT2D eigenvalue weighted by Crippen LogP contribution is -2.39. The Kier molecular flexibility index (Phi) is 6.13. The number of benzene rings is 2. The zero-order chi connectivity index (χ0) is 24.7. The first kappa shape index (κ1) is 23.5. The molecular formula is C27H24N3O3S2-. The molecule has 3 heterocycles. The third-order valence-electron chi connectivity index (χ3n) is 6.18. The van der Waals surface area contributed by atoms with Gasteiger partial charge in [0.2, 0.25) is 0 Å². The van der Waals surface area contributed by atoms with E-state index in [1.54, 1.807) is 36.0 Å². The van der Waals surface area contributed by atoms with Gasteiger partial charge in [0.15, 0.2) is 0 Å². The smallest absolute Gasteiger partial charge is 0.124 e. The number of aromatic nitrogens is 2. The molecule has 4 aromatic rings. The Hall–Kier alpha value is -3.20. The highest BCUT2D eigenvalue weighted by atomic mass is 32.2. The van der Waals surface area contributed by atoms with Crippen molar-refractivity contribution in [1.82, 2.24) is 9.97 Å². The molecule has 1 aliphatic heterocycles. The summed E-state index contributed by atoms with van der Waals surface area (Å²) in [6, 6.07) is 19.4. The molecule has 1 atom stereocenters. The van der Waals surface area contributed by atoms with Crippen LogP contribution in [0.3, 0.4) is 0 Å². The number of para-hydroxylation sites is 1. The second-order valence-corrected chi connectivity index (χ2v) is 11.1. The highest BCUT2D eigenvalue weighted by Gasteiger charge is 2.34. The van der Waals surface area contributed by atoms with Gasteiger partial charge in [-0.05, 0) is 67.8 Å². The van der Waals surface area contributed by atoms with Crippen molar-refractivity contribution in [2.24, 2.45) is 0 Å². The normalized spacial score (nSPS) is 13.8. The predicted octanol–water partition coefficient (Wildman–Crippen LogP) is 6.31. The van der Waals surface area contributed by atoms with E-state index in [2.05, 4.69) is 16.0 Å². The second kappa shape index (κ2) is 9.11. The van der Waals surface area contributed by atoms with Crippen LogP contribution in [0, 0.1) is 13.8 Å². The molecule has 0 fully saturated rings. The third-order valence-corrected chi connectivity index (χ3v) is 8.59. The number of fused-ring (bicyclic) bond motifs is 2. The van der Waals surface area contributed by atoms with Crippen LogP contribution in [0.25, 0.3) is 22.5 Å². The Morgan fingerprint density at radius 1 is 0.914 bits per heavy atom. The van der Waals surface area contributed by atoms with Gasteiger partial charge in [-0.1, -0.05) is 43.0 Å². The average molecular weight is 503 g/mol. The van der Waals surface area contributed by atoms with E-state index in [-0.39, 0.29) is 6.42 Å². The van der Waals surface area contributed by atoms with Gasteiger partial charge < -0.3 is 9.45 Å². The van der Waals surface area contributed by atoms with E-state index >= 15 is 0 Å². The van der Waals surface area contributed by atoms with Crippen molar-refractivity contribution in [1.29, 1.82) is 0 Å². The molecule has 0 bridgehead atoms. The minimum absolute atomic E-state index is 0.148. The standard InChI is InChI=1S/C27H25N3O3S2/c1-4-24(35(31,32)33)30-21-11-5-6-12-23(21)34-27-20(26-18(3)10-8-14-29-26)15-19(16-22(27)30)25-17(2)9-7-13-28-25/h5-16,24H,4H2,1-3H3,(H,31,32,33)/p-1. The number of rotatable bonds is 5. The van der Waals surface area contributed by atoms with Crippen molar-refractivity contribution in [3.05, 3.63) is 84.2 Å². The van der Waals surface area contributed by atoms with Crippen LogP contribution in [0.5, 0.6) is 0 Å². The molecule has 0 amide bonds. The molecule has 0 aliphatic carbocycles. The fraction of sp³-hybridized carbons (Fsp3) is 0.185. The van der Waals surface area contributed by atoms with E-state index in [0.717, 1.165) is 43.4 Å². The number of anilines is 2. The Morgan fingerprint density at radius 3 is 2.20 bits per heavy atom. The maximum atomic E-state index is 12.5. The van der Waals surface area contributed by atoms with Crippen LogP contribution in [0.1, 0.15) is 24.5 Å². The Labute approximate surface area is 209 Å². The molecule has 0 radical (unpaired) electrons. The summed E-state index contributed by atoms with van der Waals surface area (Å²) < 4.78 is 37.4. The van der Waals surface area contributed by atoms with Gasteiger partial charge in [0.1, 0.15) is 15.5 Å². The summed E-state index contributed by atoms with van der Waals surface area (Å²) in [4.78, 5) is 12.7. The first-order chi connectivity index (χ1) is 16.8. The molecule has 5 rings (SSSR count). The molecule has 35 heavy (non-hydrogen) atoms. The van der Waals surface area contributed by atoms with Crippen LogP contribution in [0.4, 0.5) is 11.4 Å². The average Bonchev–Trinajstić information content (AvgIpc) is 2.83. The van der Waals surface area contributed by atoms with Gasteiger partial charge in [-0.2, -0.15) is 0 Å². The van der Waals surface area contributed by atoms with E-state index in [9.17, 15) is 13.0 Å². The van der Waals surface area contributed by atoms with Gasteiger partial charge in [0.05, 0.1) is 22.8 Å². The molecule has 178 valence electrons. The van der Waals surface area contributed by atoms with Crippen LogP contribution in [0.15, 0.2) is 82.8 Å². The topological polar surface area (TPSA) is 86.2 Å². The summed E-state index contributed by atoms with van der Waals surface area (Å²) in [5.74, 6) is 0. The summed E-state index contributed by atoms with van der Waals surface area (Å²) in [6.07, 6.45) is 3.64. The van der Waals surface area contributed by atoms with Gasteiger partial charge in [-0.25, -0.2) is 8.42 Å². The monoisotopic (exact) mass is 502 g/mol. The molecule has 2 aromatic heterocycles. The van der Waals surface area contributed by atoms with Crippen molar-refractivity contribution in [2.45, 2.75) is 42.4 Å². The second-order valence-electron chi connectivity index (χ2n) is 8.51. The minimum Gasteiger partial charge on any atom is -0.746 e. The van der Waals surface area contributed by atoms with Crippen molar-refractivity contribution >= 4 is 33.3 Å². The highest BCUT2D eigenvalue weighted by molar-refractivity contribution is 8.00. The van der Waals surface area contributed by atoms with E-state index in [1.165, 1.54) is 0 Å². The zero-order valence-electron chi connectivity index (χ0n) is 19.6. The van der Waals surface area contributed by atoms with Crippen molar-refractivity contribution in [2.75, 3.05) is 4.90 Å². The van der Waals surface area contributed by atoms with E-state index in [4.69, 9.17) is 0 Å². The molecule has 8 heteroatoms. The number of hydrogen-bond donors (Lipinski definition) is 0. The number of nitrogens with zero attached hydrogens (tertiary/aromatic N) is 3. The van der Waals surface area contributed by atoms with E-state index in [0.29, 0.717) is 11.4 Å². The Bertz CT molecular complexity index is 1540. The molecule has 0 N–H and O–H groups in total. The first-order valence-electron chi connectivity index (χ1n) is 11.3. The maximum Gasteiger partial charge on any atom is 0.124 e. The largest absolute Gasteiger partial charge is 0.746 e. The fourth-order valence-corrected chi connectivity index (χ4v) is 6.63. The van der Waals surface area contributed by atoms with Crippen LogP contribution >= 0.6 is 11.8 Å². The molecule has 6 nitrogen and oxygen atoms in total. The van der Waals surface area contributed by atoms with Crippen LogP contribution in [-0.2, 0) is 10.1 Å². The quantitative estimate of drug-likeness (QED) is 0.296. The summed E-state index contributed by atoms with van der Waals surface area (Å²) in [5, 5.41) is -1.25. The lowest BCUT2D eigenvalue weighted by Gasteiger charge is -2.40. The zero-order valence-corrected chi connectivity index (χ0v) is 21.2. The van der Waals surface area contributed by atoms with Gasteiger partial charge in [-0.3, -0.25) is 9.97 Å². The van der Waals surface area contributed by atoms with Crippen molar-refractivity contribution in [3.63, 3.8) is 0 Å². The molecule has 0 spiro atoms. The number of pyridine rings is 2. The van der Waals surface area contributed by atoms with E-state index in [1.807, 2.05) is 68.4 Å². The van der Waals surface area contributed by atoms with Gasteiger partial charge in [0.25, 0.3) is 0 Å². The summed E-state index contributed by atoms with van der Waals surface area (Å²) >= 11 is 1.56. The minimum atomic E-state index is -4.64. The van der Waals surface area contributed by atoms with Crippen molar-refractivity contribution in [3.8, 4) is 22.5 Å². The van der Waals surface area contributed by atoms with Crippen molar-refractivity contribution < 1.29 is 13.0 Å². The molecular weight excluding hydrogens is 478 g/mol. The highest BCUT2D eigenvalue weighted by Crippen LogP contribution is 2.54. The Morgan fingerprint density at radius 2 is 1.57 bits per heavy atom. The van der Waals surface area contributed by atoms with Gasteiger partial charge >= 0.3 is 0 Å². The predicted molar refractivity (Wildman–Crippen MR) is 139 cm³/mol. The fourth-order valence-electron chi connectivity index (χ4n) is 4.58. The molecule has 0 saturated carbocycles. The van der Waals surface area contributed by atoms with Crippen LogP contribution < -0.4 is 4.90 Å². The molecule has 1 aliphatic rings. The SMILES string of the molecule is CCC(N1c2ccccc2Sc2c(-c3ncccc3C)cc(-c3ncccc3C)cc21)S(=O)(=O)[O-]. The maximum absolute atomic E-state index is 12.5. The summed E-state index contributed by atoms with van der Waals surface area (Å²) in [5.41, 5.74) is 6.69. The van der Waals surface area contributed by atoms with E-state index < -0.39 is 15.5 Å². The number of aryl methyl sites for hydroxylation is 2. The molecule has 1 unspecified atom stereocenters.